The highest BCUT2D eigenvalue weighted by Crippen LogP contribution is 2.32. The van der Waals surface area contributed by atoms with Gasteiger partial charge in [-0.2, -0.15) is 13.2 Å². The third-order valence-electron chi connectivity index (χ3n) is 4.67. The van der Waals surface area contributed by atoms with Crippen LogP contribution in [0.1, 0.15) is 48.2 Å². The third kappa shape index (κ3) is 6.86. The van der Waals surface area contributed by atoms with E-state index >= 15 is 0 Å². The maximum Gasteiger partial charge on any atom is 0.416 e. The fourth-order valence-corrected chi connectivity index (χ4v) is 2.78. The van der Waals surface area contributed by atoms with E-state index in [0.29, 0.717) is 17.5 Å². The topological polar surface area (TPSA) is 58.2 Å². The van der Waals surface area contributed by atoms with Crippen LogP contribution in [0.15, 0.2) is 48.5 Å². The van der Waals surface area contributed by atoms with Gasteiger partial charge in [-0.1, -0.05) is 32.0 Å². The van der Waals surface area contributed by atoms with Crippen molar-refractivity contribution in [1.82, 2.24) is 10.6 Å². The lowest BCUT2D eigenvalue weighted by molar-refractivity contribution is -0.137. The zero-order valence-electron chi connectivity index (χ0n) is 16.8. The second kappa shape index (κ2) is 9.73. The second-order valence-electron chi connectivity index (χ2n) is 7.61. The zero-order chi connectivity index (χ0) is 22.4. The Kier molecular flexibility index (Phi) is 7.59. The summed E-state index contributed by atoms with van der Waals surface area (Å²) in [6.45, 7) is 3.95. The highest BCUT2D eigenvalue weighted by molar-refractivity contribution is 5.94. The fraction of sp³-hybridized carbons (Fsp3) is 0.364. The molecule has 0 spiro atoms. The summed E-state index contributed by atoms with van der Waals surface area (Å²) in [4.78, 5) is 24.0. The van der Waals surface area contributed by atoms with Gasteiger partial charge >= 0.3 is 6.18 Å². The first kappa shape index (κ1) is 23.4. The molecule has 0 aliphatic carbocycles. The Bertz CT molecular complexity index is 877. The van der Waals surface area contributed by atoms with E-state index in [4.69, 9.17) is 0 Å². The Hall–Kier alpha value is -2.90. The molecule has 0 aliphatic rings. The molecular formula is C22H24F4N2O2. The number of hydrogen-bond acceptors (Lipinski definition) is 2. The van der Waals surface area contributed by atoms with Crippen LogP contribution in [0.25, 0.3) is 0 Å². The van der Waals surface area contributed by atoms with Gasteiger partial charge in [0.15, 0.2) is 0 Å². The quantitative estimate of drug-likeness (QED) is 0.486. The standard InChI is InChI=1S/C22H24F4N2O2/c1-21(2,16-5-3-6-17(13-16)22(24,25)26)14-28-19(29)7-4-12-27-20(30)15-8-10-18(23)11-9-15/h3,5-6,8-11,13H,4,7,12,14H2,1-2H3,(H,27,30)(H,28,29). The van der Waals surface area contributed by atoms with Gasteiger partial charge in [0.2, 0.25) is 5.91 Å². The van der Waals surface area contributed by atoms with Gasteiger partial charge in [0.1, 0.15) is 5.82 Å². The number of benzene rings is 2. The van der Waals surface area contributed by atoms with E-state index in [1.165, 1.54) is 30.3 Å². The molecule has 4 nitrogen and oxygen atoms in total. The molecule has 0 saturated carbocycles. The lowest BCUT2D eigenvalue weighted by atomic mass is 9.83. The molecule has 2 N–H and O–H groups in total. The highest BCUT2D eigenvalue weighted by atomic mass is 19.4. The van der Waals surface area contributed by atoms with Gasteiger partial charge in [0, 0.05) is 30.5 Å². The largest absolute Gasteiger partial charge is 0.416 e. The minimum absolute atomic E-state index is 0.155. The van der Waals surface area contributed by atoms with Crippen LogP contribution < -0.4 is 10.6 Å². The Morgan fingerprint density at radius 1 is 0.933 bits per heavy atom. The van der Waals surface area contributed by atoms with Crippen molar-refractivity contribution in [3.63, 3.8) is 0 Å². The smallest absolute Gasteiger partial charge is 0.355 e. The molecule has 2 aromatic rings. The molecule has 162 valence electrons. The van der Waals surface area contributed by atoms with E-state index in [0.717, 1.165) is 12.1 Å². The van der Waals surface area contributed by atoms with Crippen LogP contribution in [0.4, 0.5) is 17.6 Å². The summed E-state index contributed by atoms with van der Waals surface area (Å²) >= 11 is 0. The minimum Gasteiger partial charge on any atom is -0.355 e. The molecule has 8 heteroatoms. The van der Waals surface area contributed by atoms with Crippen molar-refractivity contribution in [2.24, 2.45) is 0 Å². The van der Waals surface area contributed by atoms with Gasteiger partial charge in [0.25, 0.3) is 5.91 Å². The van der Waals surface area contributed by atoms with E-state index in [1.54, 1.807) is 19.9 Å². The van der Waals surface area contributed by atoms with E-state index in [9.17, 15) is 27.2 Å². The first-order valence-electron chi connectivity index (χ1n) is 9.47. The Morgan fingerprint density at radius 3 is 2.20 bits per heavy atom. The van der Waals surface area contributed by atoms with Crippen LogP contribution in [0, 0.1) is 5.82 Å². The normalized spacial score (nSPS) is 11.8. The molecule has 0 unspecified atom stereocenters. The molecule has 0 radical (unpaired) electrons. The maximum atomic E-state index is 12.9. The molecule has 0 bridgehead atoms. The molecule has 2 aromatic carbocycles. The van der Waals surface area contributed by atoms with Gasteiger partial charge in [-0.3, -0.25) is 9.59 Å². The summed E-state index contributed by atoms with van der Waals surface area (Å²) in [7, 11) is 0. The summed E-state index contributed by atoms with van der Waals surface area (Å²) in [5, 5.41) is 5.38. The number of halogens is 4. The predicted octanol–water partition coefficient (Wildman–Crippen LogP) is 4.45. The van der Waals surface area contributed by atoms with Crippen LogP contribution >= 0.6 is 0 Å². The van der Waals surface area contributed by atoms with Crippen molar-refractivity contribution < 1.29 is 27.2 Å². The van der Waals surface area contributed by atoms with Crippen molar-refractivity contribution in [1.29, 1.82) is 0 Å². The van der Waals surface area contributed by atoms with Crippen molar-refractivity contribution >= 4 is 11.8 Å². The Morgan fingerprint density at radius 2 is 1.57 bits per heavy atom. The fourth-order valence-electron chi connectivity index (χ4n) is 2.78. The number of carbonyl (C=O) groups excluding carboxylic acids is 2. The van der Waals surface area contributed by atoms with E-state index in [2.05, 4.69) is 10.6 Å². The molecule has 2 amide bonds. The number of nitrogens with one attached hydrogen (secondary N) is 2. The predicted molar refractivity (Wildman–Crippen MR) is 105 cm³/mol. The second-order valence-corrected chi connectivity index (χ2v) is 7.61. The minimum atomic E-state index is -4.42. The molecule has 0 atom stereocenters. The van der Waals surface area contributed by atoms with Crippen molar-refractivity contribution in [3.05, 3.63) is 71.0 Å². The van der Waals surface area contributed by atoms with Gasteiger partial charge in [0.05, 0.1) is 5.56 Å². The number of rotatable bonds is 8. The van der Waals surface area contributed by atoms with Crippen LogP contribution in [0.3, 0.4) is 0 Å². The highest BCUT2D eigenvalue weighted by Gasteiger charge is 2.32. The average molecular weight is 424 g/mol. The lowest BCUT2D eigenvalue weighted by Gasteiger charge is -2.26. The van der Waals surface area contributed by atoms with Gasteiger partial charge < -0.3 is 10.6 Å². The number of carbonyl (C=O) groups is 2. The summed E-state index contributed by atoms with van der Waals surface area (Å²) < 4.78 is 51.6. The number of hydrogen-bond donors (Lipinski definition) is 2. The van der Waals surface area contributed by atoms with Gasteiger partial charge in [-0.25, -0.2) is 4.39 Å². The Balaban J connectivity index is 1.77. The summed E-state index contributed by atoms with van der Waals surface area (Å²) in [6, 6.07) is 10.2. The summed E-state index contributed by atoms with van der Waals surface area (Å²) in [6.07, 6.45) is -3.88. The first-order chi connectivity index (χ1) is 14.0. The molecule has 0 heterocycles. The van der Waals surface area contributed by atoms with Crippen molar-refractivity contribution in [2.75, 3.05) is 13.1 Å². The maximum absolute atomic E-state index is 12.9. The SMILES string of the molecule is CC(C)(CNC(=O)CCCNC(=O)c1ccc(F)cc1)c1cccc(C(F)(F)F)c1. The zero-order valence-corrected chi connectivity index (χ0v) is 16.8. The van der Waals surface area contributed by atoms with Crippen LogP contribution in [-0.2, 0) is 16.4 Å². The van der Waals surface area contributed by atoms with Gasteiger partial charge in [-0.05, 0) is 42.3 Å². The average Bonchev–Trinajstić information content (AvgIpc) is 2.69. The molecule has 0 saturated heterocycles. The van der Waals surface area contributed by atoms with Crippen molar-refractivity contribution in [3.8, 4) is 0 Å². The van der Waals surface area contributed by atoms with E-state index in [1.807, 2.05) is 0 Å². The van der Waals surface area contributed by atoms with Gasteiger partial charge in [-0.15, -0.1) is 0 Å². The van der Waals surface area contributed by atoms with Crippen LogP contribution in [0.5, 0.6) is 0 Å². The van der Waals surface area contributed by atoms with Crippen LogP contribution in [-0.4, -0.2) is 24.9 Å². The Labute approximate surface area is 172 Å². The van der Waals surface area contributed by atoms with Crippen molar-refractivity contribution in [2.45, 2.75) is 38.3 Å². The summed E-state index contributed by atoms with van der Waals surface area (Å²) in [5.74, 6) is -1.05. The van der Waals surface area contributed by atoms with E-state index < -0.39 is 23.0 Å². The third-order valence-corrected chi connectivity index (χ3v) is 4.67. The molecule has 30 heavy (non-hydrogen) atoms. The molecule has 0 aromatic heterocycles. The molecule has 0 aliphatic heterocycles. The lowest BCUT2D eigenvalue weighted by Crippen LogP contribution is -2.37. The molecule has 0 fully saturated rings. The first-order valence-corrected chi connectivity index (χ1v) is 9.47. The number of alkyl halides is 3. The van der Waals surface area contributed by atoms with E-state index in [-0.39, 0.29) is 31.3 Å². The number of amides is 2. The monoisotopic (exact) mass is 424 g/mol. The van der Waals surface area contributed by atoms with Crippen LogP contribution in [0.2, 0.25) is 0 Å². The molecule has 2 rings (SSSR count). The summed E-state index contributed by atoms with van der Waals surface area (Å²) in [5.41, 5.74) is -0.613. The molecular weight excluding hydrogens is 400 g/mol.